The first-order valence-electron chi connectivity index (χ1n) is 38.9. The highest BCUT2D eigenvalue weighted by Crippen LogP contribution is 2.52. The molecule has 2 aliphatic carbocycles. The van der Waals surface area contributed by atoms with Gasteiger partial charge in [-0.05, 0) is 310 Å². The van der Waals surface area contributed by atoms with E-state index in [0.29, 0.717) is 0 Å². The van der Waals surface area contributed by atoms with Gasteiger partial charge in [0.05, 0.1) is 0 Å². The Morgan fingerprint density at radius 3 is 0.614 bits per heavy atom. The SMILES string of the molecule is CC1(C)c2ccccc2-c2ccc(-c3cc(-c4cccc(-c5cccc(-c6ccncc6)c5)c4)cc(-c4cccc(-c5cccc(-c6ccncc6)c5)c4)c3)cc21.CC1(C)c2ccccc2-c2ccc(-c3cc(-c4cccc(-c5cccc(-c6cncnc6)c5)c4)cc(-c4cccc(-c5cccc(-c6cncnc6)c5)c4)c3)cc21. The van der Waals surface area contributed by atoms with E-state index >= 15 is 0 Å². The summed E-state index contributed by atoms with van der Waals surface area (Å²) in [6.07, 6.45) is 18.0. The summed E-state index contributed by atoms with van der Waals surface area (Å²) >= 11 is 0. The zero-order valence-electron chi connectivity index (χ0n) is 63.8. The van der Waals surface area contributed by atoms with Crippen LogP contribution in [0, 0.1) is 0 Å². The second kappa shape index (κ2) is 29.7. The van der Waals surface area contributed by atoms with Crippen LogP contribution in [0.4, 0.5) is 0 Å². The van der Waals surface area contributed by atoms with E-state index in [1.807, 2.05) is 49.6 Å². The third kappa shape index (κ3) is 13.7. The molecule has 0 aliphatic heterocycles. The van der Waals surface area contributed by atoms with Crippen molar-refractivity contribution in [1.82, 2.24) is 29.9 Å². The van der Waals surface area contributed by atoms with E-state index in [2.05, 4.69) is 397 Å². The summed E-state index contributed by atoms with van der Waals surface area (Å²) in [5, 5.41) is 0. The summed E-state index contributed by atoms with van der Waals surface area (Å²) in [6.45, 7) is 9.40. The van der Waals surface area contributed by atoms with Gasteiger partial charge in [0.2, 0.25) is 0 Å². The van der Waals surface area contributed by atoms with Crippen molar-refractivity contribution in [3.63, 3.8) is 0 Å². The van der Waals surface area contributed by atoms with Crippen LogP contribution in [0.2, 0.25) is 0 Å². The lowest BCUT2D eigenvalue weighted by atomic mass is 9.81. The fourth-order valence-corrected chi connectivity index (χ4v) is 17.0. The van der Waals surface area contributed by atoms with Gasteiger partial charge in [-0.3, -0.25) is 9.97 Å². The van der Waals surface area contributed by atoms with Gasteiger partial charge in [-0.2, -0.15) is 0 Å². The third-order valence-electron chi connectivity index (χ3n) is 23.1. The lowest BCUT2D eigenvalue weighted by Crippen LogP contribution is -2.14. The molecule has 18 aromatic rings. The van der Waals surface area contributed by atoms with E-state index in [0.717, 1.165) is 77.9 Å². The average molecular weight is 1460 g/mol. The molecule has 2 aliphatic rings. The highest BCUT2D eigenvalue weighted by molar-refractivity contribution is 5.92. The van der Waals surface area contributed by atoms with Gasteiger partial charge in [0.15, 0.2) is 0 Å². The van der Waals surface area contributed by atoms with Gasteiger partial charge < -0.3 is 0 Å². The number of pyridine rings is 2. The van der Waals surface area contributed by atoms with E-state index in [9.17, 15) is 0 Å². The molecule has 20 rings (SSSR count). The van der Waals surface area contributed by atoms with Crippen LogP contribution >= 0.6 is 0 Å². The van der Waals surface area contributed by atoms with Crippen LogP contribution < -0.4 is 0 Å². The van der Waals surface area contributed by atoms with Crippen molar-refractivity contribution in [2.45, 2.75) is 38.5 Å². The number of nitrogens with zero attached hydrogens (tertiary/aromatic N) is 6. The molecule has 6 nitrogen and oxygen atoms in total. The largest absolute Gasteiger partial charge is 0.265 e. The maximum atomic E-state index is 4.24. The smallest absolute Gasteiger partial charge is 0.115 e. The second-order valence-electron chi connectivity index (χ2n) is 30.8. The van der Waals surface area contributed by atoms with Gasteiger partial charge >= 0.3 is 0 Å². The van der Waals surface area contributed by atoms with Gasteiger partial charge in [0.25, 0.3) is 0 Å². The molecule has 0 unspecified atom stereocenters. The van der Waals surface area contributed by atoms with Gasteiger partial charge in [-0.1, -0.05) is 246 Å². The van der Waals surface area contributed by atoms with Crippen LogP contribution in [0.15, 0.2) is 402 Å². The predicted molar refractivity (Wildman–Crippen MR) is 471 cm³/mol. The second-order valence-corrected chi connectivity index (χ2v) is 30.8. The molecule has 4 heterocycles. The number of rotatable bonds is 14. The number of hydrogen-bond acceptors (Lipinski definition) is 6. The molecule has 0 atom stereocenters. The summed E-state index contributed by atoms with van der Waals surface area (Å²) in [5.41, 5.74) is 43.0. The average Bonchev–Trinajstić information content (AvgIpc) is 1.59. The Bertz CT molecular complexity index is 5970. The Hall–Kier alpha value is -14.5. The monoisotopic (exact) mass is 1460 g/mol. The summed E-state index contributed by atoms with van der Waals surface area (Å²) in [4.78, 5) is 25.4. The third-order valence-corrected chi connectivity index (χ3v) is 23.1. The Morgan fingerprint density at radius 2 is 0.351 bits per heavy atom. The molecule has 6 heteroatoms. The van der Waals surface area contributed by atoms with Crippen molar-refractivity contribution < 1.29 is 0 Å². The molecule has 0 saturated heterocycles. The van der Waals surface area contributed by atoms with Crippen LogP contribution in [0.25, 0.3) is 178 Å². The molecule has 0 spiro atoms. The Labute approximate surface area is 666 Å². The van der Waals surface area contributed by atoms with E-state index in [1.165, 1.54) is 122 Å². The minimum absolute atomic E-state index is 0.0827. The summed E-state index contributed by atoms with van der Waals surface area (Å²) in [5.74, 6) is 0. The molecular formula is C108H78N6. The molecule has 14 aromatic carbocycles. The molecule has 0 amide bonds. The first-order chi connectivity index (χ1) is 55.9. The molecular weight excluding hydrogens is 1380 g/mol. The van der Waals surface area contributed by atoms with Gasteiger partial charge in [0.1, 0.15) is 12.7 Å². The Morgan fingerprint density at radius 1 is 0.149 bits per heavy atom. The van der Waals surface area contributed by atoms with Crippen LogP contribution in [0.5, 0.6) is 0 Å². The molecule has 0 bridgehead atoms. The number of benzene rings is 14. The first-order valence-corrected chi connectivity index (χ1v) is 38.9. The fraction of sp³-hybridized carbons (Fsp3) is 0.0556. The maximum absolute atomic E-state index is 4.24. The maximum Gasteiger partial charge on any atom is 0.115 e. The highest BCUT2D eigenvalue weighted by atomic mass is 14.8. The molecule has 540 valence electrons. The molecule has 114 heavy (non-hydrogen) atoms. The highest BCUT2D eigenvalue weighted by Gasteiger charge is 2.37. The quantitative estimate of drug-likeness (QED) is 0.108. The van der Waals surface area contributed by atoms with Crippen molar-refractivity contribution in [2.75, 3.05) is 0 Å². The topological polar surface area (TPSA) is 77.3 Å². The lowest BCUT2D eigenvalue weighted by molar-refractivity contribution is 0.660. The number of aromatic nitrogens is 6. The Kier molecular flexibility index (Phi) is 18.3. The van der Waals surface area contributed by atoms with Crippen LogP contribution in [-0.2, 0) is 10.8 Å². The zero-order chi connectivity index (χ0) is 76.7. The van der Waals surface area contributed by atoms with Gasteiger partial charge in [-0.25, -0.2) is 19.9 Å². The minimum Gasteiger partial charge on any atom is -0.265 e. The number of fused-ring (bicyclic) bond motifs is 6. The summed E-state index contributed by atoms with van der Waals surface area (Å²) in [7, 11) is 0. The molecule has 0 radical (unpaired) electrons. The van der Waals surface area contributed by atoms with E-state index in [1.54, 1.807) is 12.7 Å². The minimum atomic E-state index is -0.0914. The van der Waals surface area contributed by atoms with Crippen molar-refractivity contribution in [1.29, 1.82) is 0 Å². The van der Waals surface area contributed by atoms with Gasteiger partial charge in [0, 0.05) is 71.5 Å². The van der Waals surface area contributed by atoms with Crippen molar-refractivity contribution >= 4 is 0 Å². The van der Waals surface area contributed by atoms with Crippen molar-refractivity contribution in [3.8, 4) is 178 Å². The normalized spacial score (nSPS) is 12.5. The Balaban J connectivity index is 0.000000153. The number of hydrogen-bond donors (Lipinski definition) is 0. The van der Waals surface area contributed by atoms with Crippen LogP contribution in [-0.4, -0.2) is 29.9 Å². The van der Waals surface area contributed by atoms with E-state index in [-0.39, 0.29) is 10.8 Å². The zero-order valence-corrected chi connectivity index (χ0v) is 63.8. The molecule has 4 aromatic heterocycles. The molecule has 0 saturated carbocycles. The van der Waals surface area contributed by atoms with Crippen molar-refractivity contribution in [3.05, 3.63) is 424 Å². The standard InChI is InChI=1S/C55H40N2.C53H38N4/c1-55(2)53-18-4-3-17-51(53)52-20-19-47(36-54(52)55)50-34-48(45-15-7-13-43(31-45)41-11-5-9-39(29-41)37-21-25-56-26-22-37)33-49(35-50)46-16-8-14-44(32-46)42-12-6-10-40(30-42)38-23-27-57-28-24-38;1-53(2)51-18-4-3-17-49(51)50-20-19-43(28-52(50)53)46-26-44(39-13-5-9-35(21-39)37-11-7-15-41(23-37)47-29-54-33-55-30-47)25-45(27-46)40-14-6-10-36(22-40)38-12-8-16-42(24-38)48-31-56-34-57-32-48/h3-36H,1-2H3;3-34H,1-2H3. The van der Waals surface area contributed by atoms with E-state index in [4.69, 9.17) is 0 Å². The van der Waals surface area contributed by atoms with Gasteiger partial charge in [-0.15, -0.1) is 0 Å². The first kappa shape index (κ1) is 70.0. The molecule has 0 N–H and O–H groups in total. The fourth-order valence-electron chi connectivity index (χ4n) is 17.0. The van der Waals surface area contributed by atoms with Crippen LogP contribution in [0.1, 0.15) is 49.9 Å². The van der Waals surface area contributed by atoms with Crippen molar-refractivity contribution in [2.24, 2.45) is 0 Å². The summed E-state index contributed by atoms with van der Waals surface area (Å²) in [6, 6.07) is 125. The molecule has 0 fully saturated rings. The summed E-state index contributed by atoms with van der Waals surface area (Å²) < 4.78 is 0. The van der Waals surface area contributed by atoms with Crippen LogP contribution in [0.3, 0.4) is 0 Å². The lowest BCUT2D eigenvalue weighted by Gasteiger charge is -2.22. The predicted octanol–water partition coefficient (Wildman–Crippen LogP) is 27.7. The van der Waals surface area contributed by atoms with E-state index < -0.39 is 0 Å².